The van der Waals surface area contributed by atoms with Gasteiger partial charge >= 0.3 is 5.69 Å². The van der Waals surface area contributed by atoms with Crippen molar-refractivity contribution in [3.8, 4) is 6.07 Å². The Kier molecular flexibility index (Phi) is 5.91. The van der Waals surface area contributed by atoms with E-state index in [0.29, 0.717) is 34.8 Å². The average Bonchev–Trinajstić information content (AvgIpc) is 2.52. The molecule has 140 valence electrons. The maximum Gasteiger partial charge on any atom is 0.332 e. The first-order valence-electron chi connectivity index (χ1n) is 8.55. The molecule has 0 saturated heterocycles. The molecule has 0 bridgehead atoms. The van der Waals surface area contributed by atoms with Crippen molar-refractivity contribution in [2.24, 2.45) is 18.4 Å². The predicted octanol–water partition coefficient (Wildman–Crippen LogP) is 2.35. The molecule has 8 heteroatoms. The van der Waals surface area contributed by atoms with Gasteiger partial charge in [-0.15, -0.1) is 0 Å². The third-order valence-electron chi connectivity index (χ3n) is 3.70. The number of hydrogen-bond donors (Lipinski definition) is 0. The zero-order valence-electron chi connectivity index (χ0n) is 16.2. The second-order valence-electron chi connectivity index (χ2n) is 7.98. The summed E-state index contributed by atoms with van der Waals surface area (Å²) >= 11 is 1.21. The molecule has 0 atom stereocenters. The van der Waals surface area contributed by atoms with Gasteiger partial charge in [-0.2, -0.15) is 5.26 Å². The molecule has 7 nitrogen and oxygen atoms in total. The first kappa shape index (κ1) is 20.2. The number of thioether (sulfide) groups is 1. The van der Waals surface area contributed by atoms with Crippen LogP contribution >= 0.6 is 11.8 Å². The van der Waals surface area contributed by atoms with Gasteiger partial charge in [-0.3, -0.25) is 13.9 Å². The van der Waals surface area contributed by atoms with Crippen molar-refractivity contribution in [3.63, 3.8) is 0 Å². The summed E-state index contributed by atoms with van der Waals surface area (Å²) in [4.78, 5) is 34.5. The Bertz CT molecular complexity index is 977. The van der Waals surface area contributed by atoms with Crippen LogP contribution in [0.1, 0.15) is 40.4 Å². The van der Waals surface area contributed by atoms with E-state index in [1.807, 2.05) is 13.8 Å². The van der Waals surface area contributed by atoms with Gasteiger partial charge in [0.15, 0.2) is 5.65 Å². The van der Waals surface area contributed by atoms with Crippen molar-refractivity contribution in [1.29, 1.82) is 5.26 Å². The molecule has 0 unspecified atom stereocenters. The molecule has 2 aromatic heterocycles. The van der Waals surface area contributed by atoms with Crippen LogP contribution < -0.4 is 11.2 Å². The van der Waals surface area contributed by atoms with Crippen LogP contribution in [0.4, 0.5) is 0 Å². The highest BCUT2D eigenvalue weighted by Crippen LogP contribution is 2.25. The molecule has 0 aliphatic heterocycles. The normalized spacial score (nSPS) is 11.9. The Labute approximate surface area is 157 Å². The second kappa shape index (κ2) is 7.62. The SMILES string of the molecule is CC(C)Cn1c(=O)n(C)c(=O)c2c(SCC#N)nc(CC(C)(C)C)nc21. The third kappa shape index (κ3) is 4.33. The maximum absolute atomic E-state index is 12.7. The lowest BCUT2D eigenvalue weighted by atomic mass is 9.92. The van der Waals surface area contributed by atoms with Gasteiger partial charge in [-0.25, -0.2) is 14.8 Å². The van der Waals surface area contributed by atoms with Gasteiger partial charge in [0.2, 0.25) is 0 Å². The molecular weight excluding hydrogens is 350 g/mol. The van der Waals surface area contributed by atoms with Crippen LogP contribution in [0.2, 0.25) is 0 Å². The second-order valence-corrected chi connectivity index (χ2v) is 8.94. The van der Waals surface area contributed by atoms with Crippen LogP contribution in [0.15, 0.2) is 14.6 Å². The summed E-state index contributed by atoms with van der Waals surface area (Å²) in [5.41, 5.74) is -0.490. The standard InChI is InChI=1S/C18H25N5O2S/c1-11(2)10-23-14-13(16(24)22(6)17(23)25)15(26-8-7-19)21-12(20-14)9-18(3,4)5/h11H,8-10H2,1-6H3. The fraction of sp³-hybridized carbons (Fsp3) is 0.611. The summed E-state index contributed by atoms with van der Waals surface area (Å²) in [7, 11) is 1.46. The van der Waals surface area contributed by atoms with E-state index in [1.54, 1.807) is 4.57 Å². The van der Waals surface area contributed by atoms with Crippen LogP contribution in [0.5, 0.6) is 0 Å². The molecule has 0 saturated carbocycles. The van der Waals surface area contributed by atoms with Crippen LogP contribution in [0, 0.1) is 22.7 Å². The Balaban J connectivity index is 2.89. The van der Waals surface area contributed by atoms with E-state index in [9.17, 15) is 9.59 Å². The number of nitrogens with zero attached hydrogens (tertiary/aromatic N) is 5. The van der Waals surface area contributed by atoms with Crippen molar-refractivity contribution < 1.29 is 0 Å². The maximum atomic E-state index is 12.7. The van der Waals surface area contributed by atoms with Crippen molar-refractivity contribution >= 4 is 22.8 Å². The molecule has 0 aliphatic rings. The van der Waals surface area contributed by atoms with E-state index in [-0.39, 0.29) is 22.8 Å². The van der Waals surface area contributed by atoms with E-state index in [0.717, 1.165) is 4.57 Å². The molecular formula is C18H25N5O2S. The number of aromatic nitrogens is 4. The lowest BCUT2D eigenvalue weighted by Crippen LogP contribution is -2.39. The number of hydrogen-bond acceptors (Lipinski definition) is 6. The zero-order valence-corrected chi connectivity index (χ0v) is 17.0. The summed E-state index contributed by atoms with van der Waals surface area (Å²) in [5, 5.41) is 9.72. The number of rotatable bonds is 5. The molecule has 0 aromatic carbocycles. The fourth-order valence-electron chi connectivity index (χ4n) is 2.67. The molecule has 0 aliphatic carbocycles. The minimum Gasteiger partial charge on any atom is -0.277 e. The summed E-state index contributed by atoms with van der Waals surface area (Å²) in [6.45, 7) is 10.7. The Morgan fingerprint density at radius 3 is 2.42 bits per heavy atom. The van der Waals surface area contributed by atoms with Gasteiger partial charge in [0.1, 0.15) is 16.2 Å². The van der Waals surface area contributed by atoms with E-state index >= 15 is 0 Å². The summed E-state index contributed by atoms with van der Waals surface area (Å²) in [6, 6.07) is 2.07. The van der Waals surface area contributed by atoms with Gasteiger partial charge in [-0.05, 0) is 11.3 Å². The summed E-state index contributed by atoms with van der Waals surface area (Å²) in [5.74, 6) is 0.966. The molecule has 26 heavy (non-hydrogen) atoms. The van der Waals surface area contributed by atoms with Crippen LogP contribution in [-0.4, -0.2) is 24.9 Å². The van der Waals surface area contributed by atoms with Crippen molar-refractivity contribution in [2.45, 2.75) is 52.6 Å². The van der Waals surface area contributed by atoms with Gasteiger partial charge < -0.3 is 0 Å². The fourth-order valence-corrected chi connectivity index (χ4v) is 3.36. The van der Waals surface area contributed by atoms with Crippen molar-refractivity contribution in [1.82, 2.24) is 19.1 Å². The average molecular weight is 375 g/mol. The van der Waals surface area contributed by atoms with Crippen molar-refractivity contribution in [2.75, 3.05) is 5.75 Å². The molecule has 0 spiro atoms. The lowest BCUT2D eigenvalue weighted by Gasteiger charge is -2.19. The molecule has 2 rings (SSSR count). The van der Waals surface area contributed by atoms with Gasteiger partial charge in [0.25, 0.3) is 5.56 Å². The van der Waals surface area contributed by atoms with Gasteiger partial charge in [0, 0.05) is 20.0 Å². The highest BCUT2D eigenvalue weighted by Gasteiger charge is 2.21. The first-order valence-corrected chi connectivity index (χ1v) is 9.54. The Morgan fingerprint density at radius 2 is 1.88 bits per heavy atom. The first-order chi connectivity index (χ1) is 12.0. The smallest absolute Gasteiger partial charge is 0.277 e. The quantitative estimate of drug-likeness (QED) is 0.588. The summed E-state index contributed by atoms with van der Waals surface area (Å²) < 4.78 is 2.64. The van der Waals surface area contributed by atoms with E-state index < -0.39 is 5.56 Å². The molecule has 0 fully saturated rings. The van der Waals surface area contributed by atoms with Gasteiger partial charge in [0.05, 0.1) is 11.8 Å². The third-order valence-corrected chi connectivity index (χ3v) is 4.55. The molecule has 2 heterocycles. The predicted molar refractivity (Wildman–Crippen MR) is 103 cm³/mol. The van der Waals surface area contributed by atoms with Crippen LogP contribution in [0.25, 0.3) is 11.0 Å². The lowest BCUT2D eigenvalue weighted by molar-refractivity contribution is 0.399. The summed E-state index contributed by atoms with van der Waals surface area (Å²) in [6.07, 6.45) is 0.605. The number of fused-ring (bicyclic) bond motifs is 1. The zero-order chi connectivity index (χ0) is 19.6. The molecule has 0 amide bonds. The van der Waals surface area contributed by atoms with Gasteiger partial charge in [-0.1, -0.05) is 46.4 Å². The van der Waals surface area contributed by atoms with E-state index in [1.165, 1.54) is 18.8 Å². The Morgan fingerprint density at radius 1 is 1.23 bits per heavy atom. The van der Waals surface area contributed by atoms with E-state index in [4.69, 9.17) is 5.26 Å². The molecule has 2 aromatic rings. The topological polar surface area (TPSA) is 93.6 Å². The highest BCUT2D eigenvalue weighted by atomic mass is 32.2. The molecule has 0 N–H and O–H groups in total. The van der Waals surface area contributed by atoms with Crippen LogP contribution in [-0.2, 0) is 20.0 Å². The van der Waals surface area contributed by atoms with E-state index in [2.05, 4.69) is 36.8 Å². The minimum absolute atomic E-state index is 0.0479. The highest BCUT2D eigenvalue weighted by molar-refractivity contribution is 7.99. The van der Waals surface area contributed by atoms with Crippen LogP contribution in [0.3, 0.4) is 0 Å². The largest absolute Gasteiger partial charge is 0.332 e. The minimum atomic E-state index is -0.423. The Hall–Kier alpha value is -2.14. The molecule has 0 radical (unpaired) electrons. The number of nitriles is 1. The van der Waals surface area contributed by atoms with Crippen molar-refractivity contribution in [3.05, 3.63) is 26.7 Å². The monoisotopic (exact) mass is 375 g/mol.